The van der Waals surface area contributed by atoms with Crippen LogP contribution < -0.4 is 0 Å². The third kappa shape index (κ3) is 10.6. The summed E-state index contributed by atoms with van der Waals surface area (Å²) in [5.41, 5.74) is 0. The molecule has 0 aliphatic carbocycles. The molecule has 0 amide bonds. The van der Waals surface area contributed by atoms with Crippen molar-refractivity contribution in [2.24, 2.45) is 0 Å². The van der Waals surface area contributed by atoms with Gasteiger partial charge in [0.05, 0.1) is 11.4 Å². The van der Waals surface area contributed by atoms with E-state index in [1.807, 2.05) is 6.92 Å². The van der Waals surface area contributed by atoms with Crippen LogP contribution in [0.25, 0.3) is 0 Å². The number of hydrogen-bond donors (Lipinski definition) is 2. The fourth-order valence-corrected chi connectivity index (χ4v) is 3.28. The number of unbranched alkanes of at least 4 members (excludes halogenated alkanes) is 5. The molecule has 0 aromatic carbocycles. The van der Waals surface area contributed by atoms with Crippen molar-refractivity contribution in [1.82, 2.24) is 0 Å². The van der Waals surface area contributed by atoms with Crippen LogP contribution >= 0.6 is 0 Å². The molecule has 0 radical (unpaired) electrons. The molecule has 122 valence electrons. The predicted octanol–water partition coefficient (Wildman–Crippen LogP) is 3.93. The standard InChI is InChI=1S/C15H32O4S/c1-3-5-7-8-9-10-14(16)12-13-15(11-6-4-2)20(17,18)19/h14-16H,3-13H2,1-2H3,(H,17,18,19). The zero-order chi connectivity index (χ0) is 15.4. The lowest BCUT2D eigenvalue weighted by Gasteiger charge is -2.16. The van der Waals surface area contributed by atoms with E-state index in [1.165, 1.54) is 19.3 Å². The lowest BCUT2D eigenvalue weighted by Crippen LogP contribution is -2.22. The first-order chi connectivity index (χ1) is 9.41. The van der Waals surface area contributed by atoms with Crippen molar-refractivity contribution in [3.63, 3.8) is 0 Å². The van der Waals surface area contributed by atoms with Crippen LogP contribution in [0.4, 0.5) is 0 Å². The first-order valence-electron chi connectivity index (χ1n) is 8.06. The number of hydrogen-bond acceptors (Lipinski definition) is 3. The Kier molecular flexibility index (Phi) is 11.4. The maximum Gasteiger partial charge on any atom is 0.267 e. The Labute approximate surface area is 124 Å². The SMILES string of the molecule is CCCCCCCC(O)CCC(CCCC)S(=O)(=O)O. The Morgan fingerprint density at radius 2 is 1.40 bits per heavy atom. The van der Waals surface area contributed by atoms with Gasteiger partial charge in [-0.3, -0.25) is 4.55 Å². The molecule has 0 saturated heterocycles. The lowest BCUT2D eigenvalue weighted by atomic mass is 10.0. The summed E-state index contributed by atoms with van der Waals surface area (Å²) in [5, 5.41) is 9.16. The van der Waals surface area contributed by atoms with Crippen LogP contribution in [-0.4, -0.2) is 29.4 Å². The molecule has 4 nitrogen and oxygen atoms in total. The van der Waals surface area contributed by atoms with Gasteiger partial charge >= 0.3 is 0 Å². The Morgan fingerprint density at radius 1 is 0.800 bits per heavy atom. The molecule has 20 heavy (non-hydrogen) atoms. The van der Waals surface area contributed by atoms with Crippen molar-refractivity contribution in [2.75, 3.05) is 0 Å². The van der Waals surface area contributed by atoms with E-state index < -0.39 is 21.5 Å². The summed E-state index contributed by atoms with van der Waals surface area (Å²) >= 11 is 0. The maximum atomic E-state index is 11.3. The molecule has 2 N–H and O–H groups in total. The van der Waals surface area contributed by atoms with E-state index in [2.05, 4.69) is 6.92 Å². The highest BCUT2D eigenvalue weighted by molar-refractivity contribution is 7.86. The van der Waals surface area contributed by atoms with Gasteiger partial charge in [-0.1, -0.05) is 58.8 Å². The van der Waals surface area contributed by atoms with Crippen LogP contribution in [0.5, 0.6) is 0 Å². The molecule has 5 heteroatoms. The van der Waals surface area contributed by atoms with Crippen LogP contribution in [0.1, 0.15) is 84.5 Å². The highest BCUT2D eigenvalue weighted by Gasteiger charge is 2.23. The average Bonchev–Trinajstić information content (AvgIpc) is 2.37. The van der Waals surface area contributed by atoms with Crippen LogP contribution in [0.2, 0.25) is 0 Å². The van der Waals surface area contributed by atoms with E-state index in [4.69, 9.17) is 0 Å². The zero-order valence-electron chi connectivity index (χ0n) is 13.1. The smallest absolute Gasteiger partial charge is 0.267 e. The monoisotopic (exact) mass is 308 g/mol. The van der Waals surface area contributed by atoms with E-state index in [0.29, 0.717) is 19.3 Å². The van der Waals surface area contributed by atoms with Gasteiger partial charge in [-0.25, -0.2) is 0 Å². The molecule has 0 rings (SSSR count). The fourth-order valence-electron chi connectivity index (χ4n) is 2.38. The van der Waals surface area contributed by atoms with Crippen LogP contribution in [-0.2, 0) is 10.1 Å². The van der Waals surface area contributed by atoms with Gasteiger partial charge in [-0.05, 0) is 25.7 Å². The molecule has 0 aromatic heterocycles. The topological polar surface area (TPSA) is 74.6 Å². The summed E-state index contributed by atoms with van der Waals surface area (Å²) < 4.78 is 31.7. The van der Waals surface area contributed by atoms with Gasteiger partial charge in [0.25, 0.3) is 10.1 Å². The van der Waals surface area contributed by atoms with E-state index in [0.717, 1.165) is 32.1 Å². The molecule has 0 heterocycles. The summed E-state index contributed by atoms with van der Waals surface area (Å²) in [5.74, 6) is 0. The van der Waals surface area contributed by atoms with Crippen molar-refractivity contribution in [3.05, 3.63) is 0 Å². The quantitative estimate of drug-likeness (QED) is 0.399. The van der Waals surface area contributed by atoms with Gasteiger partial charge in [0.1, 0.15) is 0 Å². The Morgan fingerprint density at radius 3 is 1.95 bits per heavy atom. The molecule has 0 saturated carbocycles. The minimum Gasteiger partial charge on any atom is -0.393 e. The van der Waals surface area contributed by atoms with E-state index in [9.17, 15) is 18.1 Å². The van der Waals surface area contributed by atoms with Crippen LogP contribution in [0, 0.1) is 0 Å². The Balaban J connectivity index is 3.90. The maximum absolute atomic E-state index is 11.3. The second-order valence-corrected chi connectivity index (χ2v) is 7.41. The zero-order valence-corrected chi connectivity index (χ0v) is 13.9. The van der Waals surface area contributed by atoms with Crippen LogP contribution in [0.15, 0.2) is 0 Å². The molecular formula is C15H32O4S. The second-order valence-electron chi connectivity index (χ2n) is 5.71. The molecule has 0 aromatic rings. The third-order valence-corrected chi connectivity index (χ3v) is 5.08. The molecule has 0 bridgehead atoms. The summed E-state index contributed by atoms with van der Waals surface area (Å²) in [6.45, 7) is 4.16. The second kappa shape index (κ2) is 11.5. The van der Waals surface area contributed by atoms with Gasteiger partial charge in [0, 0.05) is 0 Å². The number of rotatable bonds is 13. The molecule has 0 spiro atoms. The molecule has 0 aliphatic heterocycles. The third-order valence-electron chi connectivity index (χ3n) is 3.76. The highest BCUT2D eigenvalue weighted by atomic mass is 32.2. The largest absolute Gasteiger partial charge is 0.393 e. The van der Waals surface area contributed by atoms with Crippen molar-refractivity contribution < 1.29 is 18.1 Å². The van der Waals surface area contributed by atoms with Gasteiger partial charge in [-0.2, -0.15) is 8.42 Å². The minimum absolute atomic E-state index is 0.356. The average molecular weight is 308 g/mol. The summed E-state index contributed by atoms with van der Waals surface area (Å²) in [6, 6.07) is 0. The van der Waals surface area contributed by atoms with Gasteiger partial charge in [-0.15, -0.1) is 0 Å². The normalized spacial score (nSPS) is 15.2. The van der Waals surface area contributed by atoms with Gasteiger partial charge < -0.3 is 5.11 Å². The molecule has 2 unspecified atom stereocenters. The molecule has 2 atom stereocenters. The van der Waals surface area contributed by atoms with Crippen molar-refractivity contribution in [2.45, 2.75) is 95.8 Å². The van der Waals surface area contributed by atoms with Gasteiger partial charge in [0.15, 0.2) is 0 Å². The lowest BCUT2D eigenvalue weighted by molar-refractivity contribution is 0.147. The highest BCUT2D eigenvalue weighted by Crippen LogP contribution is 2.18. The first-order valence-corrected chi connectivity index (χ1v) is 9.56. The van der Waals surface area contributed by atoms with Crippen molar-refractivity contribution in [3.8, 4) is 0 Å². The fraction of sp³-hybridized carbons (Fsp3) is 1.00. The molecule has 0 fully saturated rings. The van der Waals surface area contributed by atoms with Gasteiger partial charge in [0.2, 0.25) is 0 Å². The van der Waals surface area contributed by atoms with Crippen molar-refractivity contribution >= 4 is 10.1 Å². The summed E-state index contributed by atoms with van der Waals surface area (Å²) in [4.78, 5) is 0. The minimum atomic E-state index is -3.98. The van der Waals surface area contributed by atoms with E-state index >= 15 is 0 Å². The number of aliphatic hydroxyl groups excluding tert-OH is 1. The summed E-state index contributed by atoms with van der Waals surface area (Å²) in [7, 11) is -3.98. The van der Waals surface area contributed by atoms with E-state index in [1.54, 1.807) is 0 Å². The molecule has 0 aliphatic rings. The Hall–Kier alpha value is -0.130. The van der Waals surface area contributed by atoms with Crippen molar-refractivity contribution in [1.29, 1.82) is 0 Å². The van der Waals surface area contributed by atoms with E-state index in [-0.39, 0.29) is 0 Å². The first kappa shape index (κ1) is 19.9. The predicted molar refractivity (Wildman–Crippen MR) is 83.5 cm³/mol. The molecular weight excluding hydrogens is 276 g/mol. The van der Waals surface area contributed by atoms with Crippen LogP contribution in [0.3, 0.4) is 0 Å². The number of aliphatic hydroxyl groups is 1. The Bertz CT molecular complexity index is 314. The summed E-state index contributed by atoms with van der Waals surface area (Å²) in [6.07, 6.45) is 9.05.